The number of nitrogens with zero attached hydrogens (tertiary/aromatic N) is 3. The van der Waals surface area contributed by atoms with E-state index < -0.39 is 5.97 Å². The number of carbonyl (C=O) groups excluding carboxylic acids is 1. The molecule has 0 aliphatic heterocycles. The van der Waals surface area contributed by atoms with Crippen molar-refractivity contribution in [3.63, 3.8) is 0 Å². The Labute approximate surface area is 146 Å². The number of aryl methyl sites for hydroxylation is 3. The maximum atomic E-state index is 12.2. The van der Waals surface area contributed by atoms with Crippen molar-refractivity contribution in [2.75, 3.05) is 13.2 Å². The summed E-state index contributed by atoms with van der Waals surface area (Å²) in [6.07, 6.45) is 0. The van der Waals surface area contributed by atoms with Crippen LogP contribution in [-0.2, 0) is 11.3 Å². The van der Waals surface area contributed by atoms with Gasteiger partial charge in [0.2, 0.25) is 0 Å². The van der Waals surface area contributed by atoms with Crippen LogP contribution in [0.5, 0.6) is 5.75 Å². The SMILES string of the molecule is CCn1nnc2cc(C(=O)OCCOc3cc(C)cc(C)c3)ccc21. The Morgan fingerprint density at radius 1 is 1.08 bits per heavy atom. The van der Waals surface area contributed by atoms with Crippen molar-refractivity contribution in [2.45, 2.75) is 27.3 Å². The number of benzene rings is 2. The number of carbonyl (C=O) groups is 1. The molecule has 0 bridgehead atoms. The van der Waals surface area contributed by atoms with E-state index in [1.807, 2.05) is 39.0 Å². The van der Waals surface area contributed by atoms with Crippen LogP contribution in [0, 0.1) is 13.8 Å². The molecule has 6 heteroatoms. The topological polar surface area (TPSA) is 66.2 Å². The molecule has 0 atom stereocenters. The Bertz CT molecular complexity index is 882. The highest BCUT2D eigenvalue weighted by Crippen LogP contribution is 2.16. The Balaban J connectivity index is 1.55. The first kappa shape index (κ1) is 17.0. The molecule has 0 saturated carbocycles. The molecule has 1 aromatic heterocycles. The first-order chi connectivity index (χ1) is 12.1. The number of hydrogen-bond acceptors (Lipinski definition) is 5. The smallest absolute Gasteiger partial charge is 0.338 e. The summed E-state index contributed by atoms with van der Waals surface area (Å²) in [5.41, 5.74) is 4.32. The van der Waals surface area contributed by atoms with Crippen LogP contribution in [0.15, 0.2) is 36.4 Å². The third kappa shape index (κ3) is 3.96. The molecule has 3 aromatic rings. The average molecular weight is 339 g/mol. The molecule has 0 amide bonds. The van der Waals surface area contributed by atoms with E-state index in [4.69, 9.17) is 9.47 Å². The van der Waals surface area contributed by atoms with Crippen molar-refractivity contribution >= 4 is 17.0 Å². The molecule has 3 rings (SSSR count). The molecule has 0 spiro atoms. The maximum Gasteiger partial charge on any atom is 0.338 e. The van der Waals surface area contributed by atoms with Crippen LogP contribution in [0.25, 0.3) is 11.0 Å². The van der Waals surface area contributed by atoms with Crippen LogP contribution in [0.3, 0.4) is 0 Å². The molecule has 0 aliphatic rings. The average Bonchev–Trinajstić information content (AvgIpc) is 3.00. The van der Waals surface area contributed by atoms with Crippen LogP contribution in [0.1, 0.15) is 28.4 Å². The molecule has 6 nitrogen and oxygen atoms in total. The zero-order valence-electron chi connectivity index (χ0n) is 14.7. The second-order valence-electron chi connectivity index (χ2n) is 5.92. The van der Waals surface area contributed by atoms with Gasteiger partial charge in [-0.25, -0.2) is 9.48 Å². The van der Waals surface area contributed by atoms with Crippen molar-refractivity contribution < 1.29 is 14.3 Å². The van der Waals surface area contributed by atoms with Crippen molar-refractivity contribution in [1.82, 2.24) is 15.0 Å². The van der Waals surface area contributed by atoms with E-state index in [0.29, 0.717) is 17.7 Å². The zero-order valence-corrected chi connectivity index (χ0v) is 14.7. The van der Waals surface area contributed by atoms with E-state index in [1.54, 1.807) is 16.8 Å². The quantitative estimate of drug-likeness (QED) is 0.509. The number of ether oxygens (including phenoxy) is 2. The molecule has 0 saturated heterocycles. The van der Waals surface area contributed by atoms with E-state index in [-0.39, 0.29) is 6.61 Å². The van der Waals surface area contributed by atoms with Crippen LogP contribution in [-0.4, -0.2) is 34.2 Å². The van der Waals surface area contributed by atoms with E-state index in [2.05, 4.69) is 16.4 Å². The number of esters is 1. The van der Waals surface area contributed by atoms with Gasteiger partial charge >= 0.3 is 5.97 Å². The molecule has 25 heavy (non-hydrogen) atoms. The molecule has 1 heterocycles. The molecule has 0 N–H and O–H groups in total. The second kappa shape index (κ2) is 7.34. The molecule has 2 aromatic carbocycles. The number of aromatic nitrogens is 3. The Morgan fingerprint density at radius 3 is 2.56 bits per heavy atom. The monoisotopic (exact) mass is 339 g/mol. The molecular formula is C19H21N3O3. The van der Waals surface area contributed by atoms with E-state index >= 15 is 0 Å². The summed E-state index contributed by atoms with van der Waals surface area (Å²) >= 11 is 0. The molecule has 130 valence electrons. The van der Waals surface area contributed by atoms with Gasteiger partial charge in [-0.15, -0.1) is 5.10 Å². The lowest BCUT2D eigenvalue weighted by atomic mass is 10.1. The van der Waals surface area contributed by atoms with Gasteiger partial charge < -0.3 is 9.47 Å². The minimum Gasteiger partial charge on any atom is -0.490 e. The fourth-order valence-electron chi connectivity index (χ4n) is 2.73. The van der Waals surface area contributed by atoms with Gasteiger partial charge in [0, 0.05) is 6.54 Å². The first-order valence-corrected chi connectivity index (χ1v) is 8.28. The van der Waals surface area contributed by atoms with Gasteiger partial charge in [0.05, 0.1) is 11.1 Å². The van der Waals surface area contributed by atoms with Crippen LogP contribution < -0.4 is 4.74 Å². The molecule has 0 radical (unpaired) electrons. The van der Waals surface area contributed by atoms with E-state index in [9.17, 15) is 4.79 Å². The van der Waals surface area contributed by atoms with Gasteiger partial charge in [-0.1, -0.05) is 11.3 Å². The minimum atomic E-state index is -0.392. The minimum absolute atomic E-state index is 0.186. The van der Waals surface area contributed by atoms with Gasteiger partial charge in [0.15, 0.2) is 0 Å². The largest absolute Gasteiger partial charge is 0.490 e. The van der Waals surface area contributed by atoms with Crippen molar-refractivity contribution in [3.8, 4) is 5.75 Å². The van der Waals surface area contributed by atoms with Crippen molar-refractivity contribution in [1.29, 1.82) is 0 Å². The van der Waals surface area contributed by atoms with Crippen LogP contribution >= 0.6 is 0 Å². The highest BCUT2D eigenvalue weighted by atomic mass is 16.6. The summed E-state index contributed by atoms with van der Waals surface area (Å²) in [7, 11) is 0. The predicted octanol–water partition coefficient (Wildman–Crippen LogP) is 3.30. The van der Waals surface area contributed by atoms with Gasteiger partial charge in [-0.3, -0.25) is 0 Å². The third-order valence-electron chi connectivity index (χ3n) is 3.83. The highest BCUT2D eigenvalue weighted by Gasteiger charge is 2.11. The molecule has 0 unspecified atom stereocenters. The summed E-state index contributed by atoms with van der Waals surface area (Å²) in [4.78, 5) is 12.2. The fraction of sp³-hybridized carbons (Fsp3) is 0.316. The van der Waals surface area contributed by atoms with Crippen molar-refractivity contribution in [2.24, 2.45) is 0 Å². The van der Waals surface area contributed by atoms with Gasteiger partial charge in [-0.2, -0.15) is 0 Å². The summed E-state index contributed by atoms with van der Waals surface area (Å²) < 4.78 is 12.7. The van der Waals surface area contributed by atoms with Gasteiger partial charge in [0.25, 0.3) is 0 Å². The van der Waals surface area contributed by atoms with Crippen LogP contribution in [0.4, 0.5) is 0 Å². The number of rotatable bonds is 6. The van der Waals surface area contributed by atoms with Crippen LogP contribution in [0.2, 0.25) is 0 Å². The third-order valence-corrected chi connectivity index (χ3v) is 3.83. The zero-order chi connectivity index (χ0) is 17.8. The Kier molecular flexibility index (Phi) is 4.97. The number of fused-ring (bicyclic) bond motifs is 1. The molecule has 0 aliphatic carbocycles. The summed E-state index contributed by atoms with van der Waals surface area (Å²) in [6.45, 7) is 7.26. The van der Waals surface area contributed by atoms with Gasteiger partial charge in [0.1, 0.15) is 24.5 Å². The fourth-order valence-corrected chi connectivity index (χ4v) is 2.73. The van der Waals surface area contributed by atoms with E-state index in [0.717, 1.165) is 28.9 Å². The lowest BCUT2D eigenvalue weighted by Crippen LogP contribution is -2.12. The summed E-state index contributed by atoms with van der Waals surface area (Å²) in [5.74, 6) is 0.392. The maximum absolute atomic E-state index is 12.2. The summed E-state index contributed by atoms with van der Waals surface area (Å²) in [5, 5.41) is 8.10. The van der Waals surface area contributed by atoms with E-state index in [1.165, 1.54) is 0 Å². The number of hydrogen-bond donors (Lipinski definition) is 0. The Morgan fingerprint density at radius 2 is 1.84 bits per heavy atom. The lowest BCUT2D eigenvalue weighted by Gasteiger charge is -2.09. The second-order valence-corrected chi connectivity index (χ2v) is 5.92. The van der Waals surface area contributed by atoms with Gasteiger partial charge in [-0.05, 0) is 62.2 Å². The Hall–Kier alpha value is -2.89. The first-order valence-electron chi connectivity index (χ1n) is 8.28. The predicted molar refractivity (Wildman–Crippen MR) is 94.9 cm³/mol. The summed E-state index contributed by atoms with van der Waals surface area (Å²) in [6, 6.07) is 11.3. The standard InChI is InChI=1S/C19H21N3O3/c1-4-22-18-6-5-15(12-17(18)20-21-22)19(23)25-8-7-24-16-10-13(2)9-14(3)11-16/h5-6,9-12H,4,7-8H2,1-3H3. The molecule has 0 fully saturated rings. The lowest BCUT2D eigenvalue weighted by molar-refractivity contribution is 0.0450. The van der Waals surface area contributed by atoms with Crippen molar-refractivity contribution in [3.05, 3.63) is 53.1 Å². The highest BCUT2D eigenvalue weighted by molar-refractivity contribution is 5.93. The normalized spacial score (nSPS) is 10.8. The molecular weight excluding hydrogens is 318 g/mol.